The third-order valence-corrected chi connectivity index (χ3v) is 10.6. The summed E-state index contributed by atoms with van der Waals surface area (Å²) in [6.07, 6.45) is 6.71. The van der Waals surface area contributed by atoms with Crippen molar-refractivity contribution in [1.29, 1.82) is 0 Å². The molecule has 226 valence electrons. The van der Waals surface area contributed by atoms with E-state index in [2.05, 4.69) is 4.90 Å². The molecule has 2 aromatic carbocycles. The van der Waals surface area contributed by atoms with Gasteiger partial charge in [0.2, 0.25) is 15.9 Å². The van der Waals surface area contributed by atoms with Crippen LogP contribution in [0, 0.1) is 23.5 Å². The van der Waals surface area contributed by atoms with Crippen molar-refractivity contribution < 1.29 is 30.4 Å². The van der Waals surface area contributed by atoms with Gasteiger partial charge in [-0.05, 0) is 93.9 Å². The molecule has 2 aliphatic rings. The fourth-order valence-corrected chi connectivity index (χ4v) is 7.25. The van der Waals surface area contributed by atoms with Crippen LogP contribution in [0.4, 0.5) is 14.5 Å². The Balaban J connectivity index is 1.30. The van der Waals surface area contributed by atoms with E-state index in [-0.39, 0.29) is 24.9 Å². The summed E-state index contributed by atoms with van der Waals surface area (Å²) >= 11 is 0. The first-order valence-corrected chi connectivity index (χ1v) is 17.8. The van der Waals surface area contributed by atoms with E-state index in [4.69, 9.17) is 0 Å². The van der Waals surface area contributed by atoms with E-state index in [1.54, 1.807) is 12.1 Å². The van der Waals surface area contributed by atoms with Crippen LogP contribution in [-0.2, 0) is 31.1 Å². The Bertz CT molecular complexity index is 1420. The molecule has 0 N–H and O–H groups in total. The first kappa shape index (κ1) is 31.5. The molecule has 0 aromatic heterocycles. The zero-order chi connectivity index (χ0) is 29.8. The number of nitrogens with zero attached hydrogens (tertiary/aromatic N) is 3. The maximum Gasteiger partial charge on any atom is 0.230 e. The van der Waals surface area contributed by atoms with Crippen molar-refractivity contribution in [3.05, 3.63) is 59.7 Å². The molecule has 12 heteroatoms. The van der Waals surface area contributed by atoms with Crippen LogP contribution in [0.3, 0.4) is 0 Å². The molecule has 0 bridgehead atoms. The van der Waals surface area contributed by atoms with E-state index in [0.29, 0.717) is 42.3 Å². The molecule has 8 nitrogen and oxygen atoms in total. The molecule has 2 heterocycles. The summed E-state index contributed by atoms with van der Waals surface area (Å²) in [6.45, 7) is 3.46. The van der Waals surface area contributed by atoms with Gasteiger partial charge in [0.05, 0.1) is 11.2 Å². The van der Waals surface area contributed by atoms with Crippen molar-refractivity contribution >= 4 is 31.5 Å². The Morgan fingerprint density at radius 3 is 2.07 bits per heavy atom. The fraction of sp³-hybridized carbons (Fsp3) is 0.552. The SMILES string of the molecule is CS(=O)(=O)c1ccc(CC2CCN(CCCN(C(=O)C3CCN(S(C)(=O)=O)CC3)c3ccc(F)c(F)c3)CC2)cc1. The second-order valence-electron chi connectivity index (χ2n) is 11.3. The largest absolute Gasteiger partial charge is 0.312 e. The van der Waals surface area contributed by atoms with Crippen molar-refractivity contribution in [2.24, 2.45) is 11.8 Å². The lowest BCUT2D eigenvalue weighted by Crippen LogP contribution is -2.45. The average Bonchev–Trinajstić information content (AvgIpc) is 2.93. The van der Waals surface area contributed by atoms with Gasteiger partial charge in [-0.3, -0.25) is 4.79 Å². The smallest absolute Gasteiger partial charge is 0.230 e. The molecule has 4 rings (SSSR count). The van der Waals surface area contributed by atoms with Crippen LogP contribution in [0.5, 0.6) is 0 Å². The highest BCUT2D eigenvalue weighted by Gasteiger charge is 2.32. The zero-order valence-electron chi connectivity index (χ0n) is 23.6. The van der Waals surface area contributed by atoms with Crippen molar-refractivity contribution in [3.8, 4) is 0 Å². The molecular weight excluding hydrogens is 572 g/mol. The molecule has 0 saturated carbocycles. The number of likely N-dealkylation sites (tertiary alicyclic amines) is 1. The van der Waals surface area contributed by atoms with E-state index in [1.807, 2.05) is 12.1 Å². The summed E-state index contributed by atoms with van der Waals surface area (Å²) < 4.78 is 76.2. The van der Waals surface area contributed by atoms with Crippen molar-refractivity contribution in [2.75, 3.05) is 56.7 Å². The van der Waals surface area contributed by atoms with E-state index in [1.165, 1.54) is 21.5 Å². The summed E-state index contributed by atoms with van der Waals surface area (Å²) in [4.78, 5) is 17.7. The molecule has 0 aliphatic carbocycles. The summed E-state index contributed by atoms with van der Waals surface area (Å²) in [6, 6.07) is 10.6. The number of amides is 1. The van der Waals surface area contributed by atoms with E-state index in [0.717, 1.165) is 62.8 Å². The predicted octanol–water partition coefficient (Wildman–Crippen LogP) is 3.72. The van der Waals surface area contributed by atoms with Crippen LogP contribution in [0.2, 0.25) is 0 Å². The summed E-state index contributed by atoms with van der Waals surface area (Å²) in [5, 5.41) is 0. The number of piperidine rings is 2. The summed E-state index contributed by atoms with van der Waals surface area (Å²) in [5.41, 5.74) is 1.43. The lowest BCUT2D eigenvalue weighted by molar-refractivity contribution is -0.123. The Morgan fingerprint density at radius 1 is 0.878 bits per heavy atom. The van der Waals surface area contributed by atoms with E-state index >= 15 is 0 Å². The van der Waals surface area contributed by atoms with Crippen LogP contribution in [0.25, 0.3) is 0 Å². The Morgan fingerprint density at radius 2 is 1.51 bits per heavy atom. The third-order valence-electron chi connectivity index (χ3n) is 8.19. The number of carbonyl (C=O) groups is 1. The first-order valence-electron chi connectivity index (χ1n) is 14.0. The Hall–Kier alpha value is -2.41. The van der Waals surface area contributed by atoms with Gasteiger partial charge in [-0.2, -0.15) is 0 Å². The van der Waals surface area contributed by atoms with Gasteiger partial charge in [-0.25, -0.2) is 29.9 Å². The minimum absolute atomic E-state index is 0.190. The molecule has 0 atom stereocenters. The number of benzene rings is 2. The maximum absolute atomic E-state index is 14.1. The molecule has 0 radical (unpaired) electrons. The average molecular weight is 612 g/mol. The maximum atomic E-state index is 14.1. The second-order valence-corrected chi connectivity index (χ2v) is 15.3. The highest BCUT2D eigenvalue weighted by molar-refractivity contribution is 7.90. The second kappa shape index (κ2) is 13.3. The van der Waals surface area contributed by atoms with Crippen LogP contribution in [-0.4, -0.2) is 83.7 Å². The molecule has 2 saturated heterocycles. The number of hydrogen-bond donors (Lipinski definition) is 0. The third kappa shape index (κ3) is 8.56. The van der Waals surface area contributed by atoms with Gasteiger partial charge in [0.25, 0.3) is 0 Å². The standard InChI is InChI=1S/C29H39F2N3O5S2/c1-40(36,37)26-7-4-22(5-8-26)20-23-10-16-32(17-11-23)14-3-15-34(25-6-9-27(30)28(31)21-25)29(35)24-12-18-33(19-13-24)41(2,38)39/h4-9,21,23-24H,3,10-20H2,1-2H3. The monoisotopic (exact) mass is 611 g/mol. The molecule has 41 heavy (non-hydrogen) atoms. The van der Waals surface area contributed by atoms with Gasteiger partial charge in [0.1, 0.15) is 0 Å². The normalized spacial score (nSPS) is 18.4. The van der Waals surface area contributed by atoms with Gasteiger partial charge < -0.3 is 9.80 Å². The van der Waals surface area contributed by atoms with Crippen molar-refractivity contribution in [1.82, 2.24) is 9.21 Å². The number of sulfonamides is 1. The number of halogens is 2. The topological polar surface area (TPSA) is 95.1 Å². The summed E-state index contributed by atoms with van der Waals surface area (Å²) in [5.74, 6) is -2.06. The number of carbonyl (C=O) groups excluding carboxylic acids is 1. The Labute approximate surface area is 242 Å². The first-order chi connectivity index (χ1) is 19.3. The molecule has 2 aromatic rings. The highest BCUT2D eigenvalue weighted by atomic mass is 32.2. The van der Waals surface area contributed by atoms with Crippen LogP contribution in [0.15, 0.2) is 47.4 Å². The molecule has 2 fully saturated rings. The van der Waals surface area contributed by atoms with Gasteiger partial charge in [0, 0.05) is 43.6 Å². The molecule has 0 unspecified atom stereocenters. The number of anilines is 1. The van der Waals surface area contributed by atoms with Crippen LogP contribution >= 0.6 is 0 Å². The van der Waals surface area contributed by atoms with E-state index in [9.17, 15) is 30.4 Å². The molecule has 0 spiro atoms. The van der Waals surface area contributed by atoms with Gasteiger partial charge in [-0.15, -0.1) is 0 Å². The van der Waals surface area contributed by atoms with Gasteiger partial charge in [0.15, 0.2) is 21.5 Å². The molecular formula is C29H39F2N3O5S2. The quantitative estimate of drug-likeness (QED) is 0.407. The predicted molar refractivity (Wildman–Crippen MR) is 155 cm³/mol. The number of rotatable bonds is 10. The lowest BCUT2D eigenvalue weighted by atomic mass is 9.90. The van der Waals surface area contributed by atoms with E-state index < -0.39 is 31.5 Å². The minimum atomic E-state index is -3.32. The number of sulfone groups is 1. The minimum Gasteiger partial charge on any atom is -0.312 e. The zero-order valence-corrected chi connectivity index (χ0v) is 25.3. The molecule has 1 amide bonds. The highest BCUT2D eigenvalue weighted by Crippen LogP contribution is 2.27. The fourth-order valence-electron chi connectivity index (χ4n) is 5.75. The van der Waals surface area contributed by atoms with Crippen LogP contribution in [0.1, 0.15) is 37.7 Å². The molecule has 2 aliphatic heterocycles. The van der Waals surface area contributed by atoms with Crippen molar-refractivity contribution in [2.45, 2.75) is 43.4 Å². The summed E-state index contributed by atoms with van der Waals surface area (Å²) in [7, 11) is -6.53. The number of hydrogen-bond acceptors (Lipinski definition) is 6. The lowest BCUT2D eigenvalue weighted by Gasteiger charge is -2.34. The Kier molecular flexibility index (Phi) is 10.2. The van der Waals surface area contributed by atoms with Gasteiger partial charge >= 0.3 is 0 Å². The van der Waals surface area contributed by atoms with Crippen LogP contribution < -0.4 is 4.90 Å². The van der Waals surface area contributed by atoms with Gasteiger partial charge in [-0.1, -0.05) is 12.1 Å². The van der Waals surface area contributed by atoms with Crippen molar-refractivity contribution in [3.63, 3.8) is 0 Å².